The van der Waals surface area contributed by atoms with Gasteiger partial charge in [-0.2, -0.15) is 0 Å². The minimum absolute atomic E-state index is 0.194. The lowest BCUT2D eigenvalue weighted by molar-refractivity contribution is -0.137. The van der Waals surface area contributed by atoms with Crippen LogP contribution in [0.5, 0.6) is 0 Å². The zero-order valence-electron chi connectivity index (χ0n) is 10.9. The zero-order chi connectivity index (χ0) is 14.3. The van der Waals surface area contributed by atoms with Crippen LogP contribution in [0.3, 0.4) is 0 Å². The Morgan fingerprint density at radius 2 is 2.21 bits per heavy atom. The molecule has 0 aliphatic rings. The van der Waals surface area contributed by atoms with Crippen LogP contribution in [0, 0.1) is 0 Å². The van der Waals surface area contributed by atoms with E-state index in [4.69, 9.17) is 9.52 Å². The van der Waals surface area contributed by atoms with Crippen molar-refractivity contribution in [3.63, 3.8) is 0 Å². The highest BCUT2D eigenvalue weighted by molar-refractivity contribution is 5.80. The number of nitrogens with zero attached hydrogens (tertiary/aromatic N) is 2. The van der Waals surface area contributed by atoms with E-state index >= 15 is 0 Å². The van der Waals surface area contributed by atoms with Crippen molar-refractivity contribution in [1.29, 1.82) is 0 Å². The molecule has 0 bridgehead atoms. The largest absolute Gasteiger partial charge is 0.480 e. The molecule has 0 aliphatic heterocycles. The minimum atomic E-state index is -1.05. The number of carboxylic acids is 1. The molecule has 0 unspecified atom stereocenters. The van der Waals surface area contributed by atoms with Crippen molar-refractivity contribution in [2.45, 2.75) is 13.5 Å². The lowest BCUT2D eigenvalue weighted by Crippen LogP contribution is -2.45. The molecule has 6 nitrogen and oxygen atoms in total. The van der Waals surface area contributed by atoms with Gasteiger partial charge >= 0.3 is 12.0 Å². The molecule has 0 spiro atoms. The Kier molecular flexibility index (Phi) is 5.66. The highest BCUT2D eigenvalue weighted by atomic mass is 16.4. The van der Waals surface area contributed by atoms with Crippen LogP contribution in [0.2, 0.25) is 0 Å². The van der Waals surface area contributed by atoms with Crippen molar-refractivity contribution in [2.75, 3.05) is 19.6 Å². The quantitative estimate of drug-likeness (QED) is 0.764. The average molecular weight is 266 g/mol. The van der Waals surface area contributed by atoms with Crippen molar-refractivity contribution in [1.82, 2.24) is 9.80 Å². The van der Waals surface area contributed by atoms with Gasteiger partial charge in [0.05, 0.1) is 12.8 Å². The molecule has 1 rings (SSSR count). The van der Waals surface area contributed by atoms with Gasteiger partial charge in [0.15, 0.2) is 0 Å². The van der Waals surface area contributed by atoms with E-state index in [-0.39, 0.29) is 19.1 Å². The summed E-state index contributed by atoms with van der Waals surface area (Å²) in [4.78, 5) is 25.7. The number of urea groups is 1. The van der Waals surface area contributed by atoms with Gasteiger partial charge in [-0.25, -0.2) is 4.79 Å². The molecule has 2 amide bonds. The molecule has 0 fully saturated rings. The first kappa shape index (κ1) is 14.8. The number of amides is 2. The van der Waals surface area contributed by atoms with Crippen LogP contribution in [0.15, 0.2) is 35.5 Å². The Morgan fingerprint density at radius 1 is 1.47 bits per heavy atom. The monoisotopic (exact) mass is 266 g/mol. The molecule has 0 aliphatic carbocycles. The number of aliphatic carboxylic acids is 1. The first-order valence-corrected chi connectivity index (χ1v) is 5.97. The first-order chi connectivity index (χ1) is 9.08. The van der Waals surface area contributed by atoms with Crippen molar-refractivity contribution < 1.29 is 19.1 Å². The highest BCUT2D eigenvalue weighted by Gasteiger charge is 2.21. The molecular weight excluding hydrogens is 248 g/mol. The van der Waals surface area contributed by atoms with Crippen LogP contribution in [0.25, 0.3) is 0 Å². The third-order valence-corrected chi connectivity index (χ3v) is 2.53. The summed E-state index contributed by atoms with van der Waals surface area (Å²) in [6.07, 6.45) is 3.04. The second-order valence-corrected chi connectivity index (χ2v) is 3.94. The maximum Gasteiger partial charge on any atom is 0.323 e. The van der Waals surface area contributed by atoms with Crippen LogP contribution < -0.4 is 0 Å². The zero-order valence-corrected chi connectivity index (χ0v) is 10.9. The van der Waals surface area contributed by atoms with E-state index in [0.29, 0.717) is 18.8 Å². The topological polar surface area (TPSA) is 74.0 Å². The molecular formula is C13H18N2O4. The summed E-state index contributed by atoms with van der Waals surface area (Å²) in [6.45, 7) is 5.98. The van der Waals surface area contributed by atoms with Gasteiger partial charge in [-0.3, -0.25) is 4.79 Å². The standard InChI is InChI=1S/C13H18N2O4/c1-3-7-15(10-12(16)17)13(18)14(4-2)9-11-6-5-8-19-11/h3,5-6,8H,1,4,7,9-10H2,2H3,(H,16,17). The summed E-state index contributed by atoms with van der Waals surface area (Å²) >= 11 is 0. The maximum absolute atomic E-state index is 12.2. The van der Waals surface area contributed by atoms with Gasteiger partial charge in [0.2, 0.25) is 0 Å². The molecule has 0 atom stereocenters. The smallest absolute Gasteiger partial charge is 0.323 e. The fraction of sp³-hybridized carbons (Fsp3) is 0.385. The molecule has 1 heterocycles. The van der Waals surface area contributed by atoms with Crippen LogP contribution in [0.4, 0.5) is 4.79 Å². The molecule has 0 radical (unpaired) electrons. The summed E-state index contributed by atoms with van der Waals surface area (Å²) in [6, 6.07) is 3.17. The second-order valence-electron chi connectivity index (χ2n) is 3.94. The third-order valence-electron chi connectivity index (χ3n) is 2.53. The Labute approximate surface area is 111 Å². The average Bonchev–Trinajstić information content (AvgIpc) is 2.87. The number of hydrogen-bond acceptors (Lipinski definition) is 3. The molecule has 104 valence electrons. The Hall–Kier alpha value is -2.24. The van der Waals surface area contributed by atoms with Gasteiger partial charge in [-0.05, 0) is 19.1 Å². The Bertz CT molecular complexity index is 428. The molecule has 1 aromatic rings. The summed E-state index contributed by atoms with van der Waals surface area (Å²) in [5.41, 5.74) is 0. The van der Waals surface area contributed by atoms with Gasteiger partial charge in [0.25, 0.3) is 0 Å². The number of furan rings is 1. The number of carbonyl (C=O) groups is 2. The fourth-order valence-corrected chi connectivity index (χ4v) is 1.63. The lowest BCUT2D eigenvalue weighted by atomic mass is 10.4. The van der Waals surface area contributed by atoms with Gasteiger partial charge < -0.3 is 19.3 Å². The van der Waals surface area contributed by atoms with Gasteiger partial charge in [0.1, 0.15) is 12.3 Å². The van der Waals surface area contributed by atoms with E-state index in [9.17, 15) is 9.59 Å². The number of hydrogen-bond donors (Lipinski definition) is 1. The third kappa shape index (κ3) is 4.50. The Morgan fingerprint density at radius 3 is 2.68 bits per heavy atom. The fourth-order valence-electron chi connectivity index (χ4n) is 1.63. The molecule has 1 N–H and O–H groups in total. The maximum atomic E-state index is 12.2. The van der Waals surface area contributed by atoms with Crippen molar-refractivity contribution in [2.24, 2.45) is 0 Å². The van der Waals surface area contributed by atoms with Crippen LogP contribution in [0.1, 0.15) is 12.7 Å². The number of rotatable bonds is 7. The lowest BCUT2D eigenvalue weighted by Gasteiger charge is -2.27. The van der Waals surface area contributed by atoms with E-state index in [2.05, 4.69) is 6.58 Å². The number of carbonyl (C=O) groups excluding carboxylic acids is 1. The van der Waals surface area contributed by atoms with Crippen LogP contribution in [-0.4, -0.2) is 46.5 Å². The van der Waals surface area contributed by atoms with Crippen molar-refractivity contribution in [3.8, 4) is 0 Å². The second kappa shape index (κ2) is 7.25. The van der Waals surface area contributed by atoms with Gasteiger partial charge in [-0.15, -0.1) is 6.58 Å². The summed E-state index contributed by atoms with van der Waals surface area (Å²) in [5, 5.41) is 8.81. The summed E-state index contributed by atoms with van der Waals surface area (Å²) in [5.74, 6) is -0.395. The van der Waals surface area contributed by atoms with Crippen molar-refractivity contribution in [3.05, 3.63) is 36.8 Å². The van der Waals surface area contributed by atoms with Crippen LogP contribution >= 0.6 is 0 Å². The summed E-state index contributed by atoms with van der Waals surface area (Å²) < 4.78 is 5.19. The highest BCUT2D eigenvalue weighted by Crippen LogP contribution is 2.08. The molecule has 6 heteroatoms. The SMILES string of the molecule is C=CCN(CC(=O)O)C(=O)N(CC)Cc1ccco1. The number of carboxylic acid groups (broad SMARTS) is 1. The molecule has 19 heavy (non-hydrogen) atoms. The normalized spacial score (nSPS) is 9.95. The van der Waals surface area contributed by atoms with Crippen LogP contribution in [-0.2, 0) is 11.3 Å². The van der Waals surface area contributed by atoms with Gasteiger partial charge in [-0.1, -0.05) is 6.08 Å². The molecule has 1 aromatic heterocycles. The van der Waals surface area contributed by atoms with E-state index < -0.39 is 5.97 Å². The Balaban J connectivity index is 2.73. The molecule has 0 aromatic carbocycles. The molecule has 0 saturated carbocycles. The van der Waals surface area contributed by atoms with E-state index in [1.807, 2.05) is 6.92 Å². The van der Waals surface area contributed by atoms with Crippen molar-refractivity contribution >= 4 is 12.0 Å². The predicted molar refractivity (Wildman–Crippen MR) is 69.6 cm³/mol. The predicted octanol–water partition coefficient (Wildman–Crippen LogP) is 1.79. The van der Waals surface area contributed by atoms with E-state index in [0.717, 1.165) is 0 Å². The van der Waals surface area contributed by atoms with E-state index in [1.165, 1.54) is 22.1 Å². The first-order valence-electron chi connectivity index (χ1n) is 5.97. The molecule has 0 saturated heterocycles. The van der Waals surface area contributed by atoms with Gasteiger partial charge in [0, 0.05) is 13.1 Å². The minimum Gasteiger partial charge on any atom is -0.480 e. The van der Waals surface area contributed by atoms with E-state index in [1.54, 1.807) is 12.1 Å². The summed E-state index contributed by atoms with van der Waals surface area (Å²) in [7, 11) is 0.